The highest BCUT2D eigenvalue weighted by atomic mass is 32.2. The number of allylic oxidation sites excluding steroid dienone is 6. The largest absolute Gasteiger partial charge is 0.462 e. The van der Waals surface area contributed by atoms with Gasteiger partial charge in [0.05, 0.1) is 6.61 Å². The number of rotatable bonds is 37. The van der Waals surface area contributed by atoms with Gasteiger partial charge in [0.25, 0.3) is 10.1 Å². The minimum Gasteiger partial charge on any atom is -0.462 e. The first-order valence-electron chi connectivity index (χ1n) is 22.5. The number of aliphatic hydroxyl groups is 3. The van der Waals surface area contributed by atoms with Gasteiger partial charge < -0.3 is 34.3 Å². The molecule has 0 aromatic heterocycles. The maximum Gasteiger partial charge on any atom is 0.306 e. The first kappa shape index (κ1) is 53.9. The van der Waals surface area contributed by atoms with Crippen LogP contribution in [0.15, 0.2) is 36.5 Å². The lowest BCUT2D eigenvalue weighted by Crippen LogP contribution is -2.60. The highest BCUT2D eigenvalue weighted by Crippen LogP contribution is 2.24. The molecule has 338 valence electrons. The van der Waals surface area contributed by atoms with E-state index in [1.54, 1.807) is 0 Å². The van der Waals surface area contributed by atoms with E-state index >= 15 is 0 Å². The van der Waals surface area contributed by atoms with Crippen molar-refractivity contribution in [3.05, 3.63) is 36.5 Å². The molecule has 1 heterocycles. The summed E-state index contributed by atoms with van der Waals surface area (Å²) in [6.45, 7) is 3.69. The van der Waals surface area contributed by atoms with Crippen molar-refractivity contribution in [1.29, 1.82) is 0 Å². The molecule has 1 aliphatic rings. The molecule has 13 heteroatoms. The predicted octanol–water partition coefficient (Wildman–Crippen LogP) is 9.00. The van der Waals surface area contributed by atoms with Crippen LogP contribution in [0, 0.1) is 0 Å². The summed E-state index contributed by atoms with van der Waals surface area (Å²) >= 11 is 0. The maximum absolute atomic E-state index is 12.8. The van der Waals surface area contributed by atoms with Crippen molar-refractivity contribution in [2.45, 2.75) is 218 Å². The number of hydrogen-bond acceptors (Lipinski definition) is 11. The number of hydrogen-bond donors (Lipinski definition) is 4. The summed E-state index contributed by atoms with van der Waals surface area (Å²) in [6.07, 6.45) is 30.6. The molecule has 6 atom stereocenters. The van der Waals surface area contributed by atoms with E-state index in [1.807, 2.05) is 6.08 Å². The Morgan fingerprint density at radius 3 is 1.60 bits per heavy atom. The number of ether oxygens (including phenoxy) is 4. The molecule has 1 aliphatic heterocycles. The van der Waals surface area contributed by atoms with Gasteiger partial charge in [-0.15, -0.1) is 0 Å². The van der Waals surface area contributed by atoms with E-state index in [0.717, 1.165) is 51.4 Å². The molecule has 0 bridgehead atoms. The summed E-state index contributed by atoms with van der Waals surface area (Å²) in [7, 11) is -4.61. The molecular formula is C45H80O12S. The summed E-state index contributed by atoms with van der Waals surface area (Å²) in [6, 6.07) is 0. The van der Waals surface area contributed by atoms with Gasteiger partial charge in [0.1, 0.15) is 36.8 Å². The van der Waals surface area contributed by atoms with Crippen molar-refractivity contribution in [1.82, 2.24) is 0 Å². The normalized spacial score (nSPS) is 20.7. The van der Waals surface area contributed by atoms with Crippen molar-refractivity contribution >= 4 is 22.1 Å². The zero-order valence-corrected chi connectivity index (χ0v) is 36.7. The molecule has 1 saturated heterocycles. The highest BCUT2D eigenvalue weighted by Gasteiger charge is 2.46. The van der Waals surface area contributed by atoms with Gasteiger partial charge in [-0.1, -0.05) is 140 Å². The average molecular weight is 845 g/mol. The summed E-state index contributed by atoms with van der Waals surface area (Å²) in [4.78, 5) is 25.3. The molecule has 0 aliphatic carbocycles. The summed E-state index contributed by atoms with van der Waals surface area (Å²) in [5.41, 5.74) is 0. The standard InChI is InChI=1S/C45H80O12S/c1-3-5-7-9-11-13-15-17-18-19-20-22-23-25-27-29-31-33-40(46)54-35-38(36-55-45-44(50)43(49)42(48)39(57-45)37-58(51,52)53)56-41(47)34-32-30-28-26-24-21-16-14-12-10-8-6-4-2/h14,16,20,22,25,27,38-39,42-45,48-50H,3-13,15,17-19,21,23-24,26,28-37H2,1-2H3,(H,51,52,53)/b16-14+,22-20+,27-25+/t38-,39-,42-,43?,44?,45+/m1/s1. The van der Waals surface area contributed by atoms with Crippen LogP contribution in [0.5, 0.6) is 0 Å². The van der Waals surface area contributed by atoms with Gasteiger partial charge in [0.15, 0.2) is 12.4 Å². The van der Waals surface area contributed by atoms with E-state index in [-0.39, 0.29) is 19.4 Å². The Labute approximate surface area is 351 Å². The summed E-state index contributed by atoms with van der Waals surface area (Å²) < 4.78 is 54.0. The molecule has 0 spiro atoms. The smallest absolute Gasteiger partial charge is 0.306 e. The third-order valence-electron chi connectivity index (χ3n) is 10.2. The second-order valence-electron chi connectivity index (χ2n) is 15.7. The molecule has 1 rings (SSSR count). The number of unbranched alkanes of at least 4 members (excludes halogenated alkanes) is 19. The van der Waals surface area contributed by atoms with E-state index in [9.17, 15) is 37.9 Å². The van der Waals surface area contributed by atoms with Gasteiger partial charge >= 0.3 is 11.9 Å². The second-order valence-corrected chi connectivity index (χ2v) is 17.2. The molecule has 1 fully saturated rings. The molecule has 4 N–H and O–H groups in total. The molecule has 58 heavy (non-hydrogen) atoms. The molecule has 2 unspecified atom stereocenters. The van der Waals surface area contributed by atoms with Crippen LogP contribution in [-0.4, -0.2) is 96.0 Å². The fourth-order valence-electron chi connectivity index (χ4n) is 6.65. The molecule has 0 aromatic carbocycles. The summed E-state index contributed by atoms with van der Waals surface area (Å²) in [5, 5.41) is 30.8. The minimum atomic E-state index is -4.61. The van der Waals surface area contributed by atoms with Gasteiger partial charge in [-0.2, -0.15) is 8.42 Å². The molecule has 12 nitrogen and oxygen atoms in total. The Kier molecular flexibility index (Phi) is 33.1. The monoisotopic (exact) mass is 845 g/mol. The SMILES string of the molecule is CCCCCC/C=C/CCCCCCCC(=O)O[C@H](COC(=O)CCC/C=C/C/C=C/CCCCCCCCCCC)CO[C@H]1O[C@H](CS(=O)(=O)O)[C@@H](O)C(O)C1O. The lowest BCUT2D eigenvalue weighted by atomic mass is 10.00. The number of aliphatic hydroxyl groups excluding tert-OH is 3. The Hall–Kier alpha value is -2.13. The molecule has 0 radical (unpaired) electrons. The minimum absolute atomic E-state index is 0.146. The van der Waals surface area contributed by atoms with E-state index < -0.39 is 71.2 Å². The first-order chi connectivity index (χ1) is 28.0. The van der Waals surface area contributed by atoms with Gasteiger partial charge in [0, 0.05) is 12.8 Å². The van der Waals surface area contributed by atoms with E-state index in [0.29, 0.717) is 19.3 Å². The molecule has 0 aromatic rings. The average Bonchev–Trinajstić information content (AvgIpc) is 3.18. The lowest BCUT2D eigenvalue weighted by molar-refractivity contribution is -0.297. The Morgan fingerprint density at radius 1 is 0.586 bits per heavy atom. The molecule has 0 amide bonds. The van der Waals surface area contributed by atoms with E-state index in [4.69, 9.17) is 18.9 Å². The maximum atomic E-state index is 12.8. The van der Waals surface area contributed by atoms with Gasteiger partial charge in [0.2, 0.25) is 0 Å². The van der Waals surface area contributed by atoms with Crippen LogP contribution in [-0.2, 0) is 38.7 Å². The predicted molar refractivity (Wildman–Crippen MR) is 229 cm³/mol. The van der Waals surface area contributed by atoms with Crippen LogP contribution in [0.2, 0.25) is 0 Å². The van der Waals surface area contributed by atoms with E-state index in [2.05, 4.69) is 44.2 Å². The van der Waals surface area contributed by atoms with Crippen LogP contribution in [0.25, 0.3) is 0 Å². The fourth-order valence-corrected chi connectivity index (χ4v) is 7.34. The van der Waals surface area contributed by atoms with Crippen LogP contribution < -0.4 is 0 Å². The number of carbonyl (C=O) groups is 2. The quantitative estimate of drug-likeness (QED) is 0.0202. The lowest BCUT2D eigenvalue weighted by Gasteiger charge is -2.40. The third-order valence-corrected chi connectivity index (χ3v) is 10.9. The van der Waals surface area contributed by atoms with Crippen LogP contribution in [0.3, 0.4) is 0 Å². The van der Waals surface area contributed by atoms with E-state index in [1.165, 1.54) is 83.5 Å². The fraction of sp³-hybridized carbons (Fsp3) is 0.822. The third kappa shape index (κ3) is 30.0. The highest BCUT2D eigenvalue weighted by molar-refractivity contribution is 7.85. The molecular weight excluding hydrogens is 765 g/mol. The van der Waals surface area contributed by atoms with Crippen molar-refractivity contribution in [3.63, 3.8) is 0 Å². The van der Waals surface area contributed by atoms with Crippen LogP contribution in [0.1, 0.15) is 181 Å². The van der Waals surface area contributed by atoms with Crippen molar-refractivity contribution in [2.24, 2.45) is 0 Å². The Bertz CT molecular complexity index is 1220. The number of esters is 2. The molecule has 0 saturated carbocycles. The Morgan fingerprint density at radius 2 is 1.05 bits per heavy atom. The zero-order chi connectivity index (χ0) is 42.7. The van der Waals surface area contributed by atoms with Gasteiger partial charge in [-0.05, 0) is 64.2 Å². The topological polar surface area (TPSA) is 186 Å². The Balaban J connectivity index is 2.48. The van der Waals surface area contributed by atoms with Gasteiger partial charge in [-0.3, -0.25) is 14.1 Å². The second kappa shape index (κ2) is 35.6. The van der Waals surface area contributed by atoms with Gasteiger partial charge in [-0.25, -0.2) is 0 Å². The zero-order valence-electron chi connectivity index (χ0n) is 35.9. The summed E-state index contributed by atoms with van der Waals surface area (Å²) in [5.74, 6) is -2.05. The van der Waals surface area contributed by atoms with Crippen LogP contribution >= 0.6 is 0 Å². The first-order valence-corrected chi connectivity index (χ1v) is 24.2. The number of carbonyl (C=O) groups excluding carboxylic acids is 2. The van der Waals surface area contributed by atoms with Crippen molar-refractivity contribution < 1.29 is 56.8 Å². The van der Waals surface area contributed by atoms with Crippen molar-refractivity contribution in [2.75, 3.05) is 19.0 Å². The van der Waals surface area contributed by atoms with Crippen molar-refractivity contribution in [3.8, 4) is 0 Å². The van der Waals surface area contributed by atoms with Crippen LogP contribution in [0.4, 0.5) is 0 Å².